The minimum atomic E-state index is -0.310. The molecule has 0 aromatic heterocycles. The molecule has 1 heterocycles. The molecule has 1 aromatic carbocycles. The van der Waals surface area contributed by atoms with Crippen molar-refractivity contribution in [2.24, 2.45) is 5.41 Å². The Bertz CT molecular complexity index is 476. The molecule has 1 aliphatic carbocycles. The van der Waals surface area contributed by atoms with E-state index in [0.717, 1.165) is 25.9 Å². The number of aliphatic hydroxyl groups is 1. The standard InChI is InChI=1S/C19H29NO/c1-3-19(2)11-13-20(14-12-19)17-10-6-8-15-7-4-5-9-16(15)18(17)21/h4-5,7,9,17-18,21H,3,6,8,10-14H2,1-2H3. The Morgan fingerprint density at radius 3 is 2.67 bits per heavy atom. The summed E-state index contributed by atoms with van der Waals surface area (Å²) in [6.07, 6.45) is 6.94. The number of piperidine rings is 1. The first-order valence-electron chi connectivity index (χ1n) is 8.63. The van der Waals surface area contributed by atoms with Crippen LogP contribution in [0.15, 0.2) is 24.3 Å². The van der Waals surface area contributed by atoms with Crippen molar-refractivity contribution in [1.29, 1.82) is 0 Å². The average molecular weight is 287 g/mol. The van der Waals surface area contributed by atoms with Crippen LogP contribution in [0.25, 0.3) is 0 Å². The number of aliphatic hydroxyl groups excluding tert-OH is 1. The van der Waals surface area contributed by atoms with Gasteiger partial charge in [0.15, 0.2) is 0 Å². The highest BCUT2D eigenvalue weighted by atomic mass is 16.3. The zero-order chi connectivity index (χ0) is 14.9. The number of benzene rings is 1. The summed E-state index contributed by atoms with van der Waals surface area (Å²) in [6, 6.07) is 8.79. The molecular weight excluding hydrogens is 258 g/mol. The molecule has 2 heteroatoms. The van der Waals surface area contributed by atoms with Crippen LogP contribution in [-0.4, -0.2) is 29.1 Å². The topological polar surface area (TPSA) is 23.5 Å². The van der Waals surface area contributed by atoms with Crippen LogP contribution in [-0.2, 0) is 6.42 Å². The van der Waals surface area contributed by atoms with Crippen molar-refractivity contribution in [1.82, 2.24) is 4.90 Å². The molecule has 0 bridgehead atoms. The molecule has 2 atom stereocenters. The van der Waals surface area contributed by atoms with E-state index in [0.29, 0.717) is 11.5 Å². The van der Waals surface area contributed by atoms with Crippen molar-refractivity contribution in [3.8, 4) is 0 Å². The van der Waals surface area contributed by atoms with Gasteiger partial charge in [-0.25, -0.2) is 0 Å². The molecule has 1 N–H and O–H groups in total. The van der Waals surface area contributed by atoms with E-state index in [1.54, 1.807) is 0 Å². The molecule has 1 fully saturated rings. The molecule has 116 valence electrons. The van der Waals surface area contributed by atoms with Crippen molar-refractivity contribution < 1.29 is 5.11 Å². The summed E-state index contributed by atoms with van der Waals surface area (Å²) in [6.45, 7) is 7.03. The highest BCUT2D eigenvalue weighted by molar-refractivity contribution is 5.31. The predicted octanol–water partition coefficient (Wildman–Crippen LogP) is 3.94. The SMILES string of the molecule is CCC1(C)CCN(C2CCCc3ccccc3C2O)CC1. The third-order valence-corrected chi connectivity index (χ3v) is 6.01. The zero-order valence-corrected chi connectivity index (χ0v) is 13.5. The minimum Gasteiger partial charge on any atom is -0.387 e. The molecule has 1 aliphatic heterocycles. The first kappa shape index (κ1) is 15.1. The van der Waals surface area contributed by atoms with E-state index < -0.39 is 0 Å². The highest BCUT2D eigenvalue weighted by Gasteiger charge is 2.35. The van der Waals surface area contributed by atoms with Gasteiger partial charge in [0, 0.05) is 6.04 Å². The van der Waals surface area contributed by atoms with Crippen molar-refractivity contribution >= 4 is 0 Å². The summed E-state index contributed by atoms with van der Waals surface area (Å²) < 4.78 is 0. The second kappa shape index (κ2) is 6.10. The van der Waals surface area contributed by atoms with E-state index in [9.17, 15) is 5.11 Å². The van der Waals surface area contributed by atoms with Gasteiger partial charge < -0.3 is 5.11 Å². The summed E-state index contributed by atoms with van der Waals surface area (Å²) in [7, 11) is 0. The lowest BCUT2D eigenvalue weighted by Gasteiger charge is -2.43. The maximum Gasteiger partial charge on any atom is 0.0947 e. The Morgan fingerprint density at radius 2 is 1.95 bits per heavy atom. The van der Waals surface area contributed by atoms with Gasteiger partial charge in [-0.15, -0.1) is 0 Å². The average Bonchev–Trinajstić information content (AvgIpc) is 2.68. The van der Waals surface area contributed by atoms with Gasteiger partial charge in [-0.1, -0.05) is 44.5 Å². The lowest BCUT2D eigenvalue weighted by Crippen LogP contribution is -2.46. The van der Waals surface area contributed by atoms with E-state index in [-0.39, 0.29) is 6.10 Å². The molecule has 0 spiro atoms. The molecule has 0 amide bonds. The Hall–Kier alpha value is -0.860. The number of rotatable bonds is 2. The normalized spacial score (nSPS) is 29.7. The fraction of sp³-hybridized carbons (Fsp3) is 0.684. The molecule has 21 heavy (non-hydrogen) atoms. The summed E-state index contributed by atoms with van der Waals surface area (Å²) in [5, 5.41) is 10.9. The predicted molar refractivity (Wildman–Crippen MR) is 87.3 cm³/mol. The molecule has 0 radical (unpaired) electrons. The first-order chi connectivity index (χ1) is 10.1. The Labute approximate surface area is 129 Å². The van der Waals surface area contributed by atoms with E-state index in [1.807, 2.05) is 0 Å². The van der Waals surface area contributed by atoms with Crippen LogP contribution in [0.2, 0.25) is 0 Å². The number of nitrogens with zero attached hydrogens (tertiary/aromatic N) is 1. The van der Waals surface area contributed by atoms with E-state index in [2.05, 4.69) is 43.0 Å². The van der Waals surface area contributed by atoms with E-state index in [4.69, 9.17) is 0 Å². The van der Waals surface area contributed by atoms with Crippen LogP contribution in [0.4, 0.5) is 0 Å². The quantitative estimate of drug-likeness (QED) is 0.833. The fourth-order valence-corrected chi connectivity index (χ4v) is 4.05. The zero-order valence-electron chi connectivity index (χ0n) is 13.5. The van der Waals surface area contributed by atoms with Crippen LogP contribution in [0.1, 0.15) is 63.2 Å². The molecule has 2 aliphatic rings. The van der Waals surface area contributed by atoms with Gasteiger partial charge in [0.2, 0.25) is 0 Å². The fourth-order valence-electron chi connectivity index (χ4n) is 4.05. The van der Waals surface area contributed by atoms with Gasteiger partial charge in [0.25, 0.3) is 0 Å². The summed E-state index contributed by atoms with van der Waals surface area (Å²) in [5.74, 6) is 0. The van der Waals surface area contributed by atoms with Crippen LogP contribution < -0.4 is 0 Å². The molecule has 3 rings (SSSR count). The molecule has 1 saturated heterocycles. The van der Waals surface area contributed by atoms with Crippen LogP contribution >= 0.6 is 0 Å². The van der Waals surface area contributed by atoms with Crippen LogP contribution in [0.3, 0.4) is 0 Å². The maximum absolute atomic E-state index is 10.9. The number of aryl methyl sites for hydroxylation is 1. The van der Waals surface area contributed by atoms with Crippen molar-refractivity contribution in [2.75, 3.05) is 13.1 Å². The van der Waals surface area contributed by atoms with Crippen molar-refractivity contribution in [3.63, 3.8) is 0 Å². The number of hydrogen-bond acceptors (Lipinski definition) is 2. The summed E-state index contributed by atoms with van der Waals surface area (Å²) in [4.78, 5) is 2.56. The molecule has 0 saturated carbocycles. The van der Waals surface area contributed by atoms with Gasteiger partial charge in [-0.3, -0.25) is 4.90 Å². The van der Waals surface area contributed by atoms with Crippen molar-refractivity contribution in [2.45, 2.75) is 64.5 Å². The maximum atomic E-state index is 10.9. The highest BCUT2D eigenvalue weighted by Crippen LogP contribution is 2.38. The number of likely N-dealkylation sites (tertiary alicyclic amines) is 1. The van der Waals surface area contributed by atoms with Crippen LogP contribution in [0.5, 0.6) is 0 Å². The lowest BCUT2D eigenvalue weighted by molar-refractivity contribution is 0.00758. The van der Waals surface area contributed by atoms with Crippen LogP contribution in [0, 0.1) is 5.41 Å². The van der Waals surface area contributed by atoms with Gasteiger partial charge >= 0.3 is 0 Å². The van der Waals surface area contributed by atoms with E-state index in [1.165, 1.54) is 36.8 Å². The summed E-state index contributed by atoms with van der Waals surface area (Å²) in [5.41, 5.74) is 3.04. The Kier molecular flexibility index (Phi) is 4.37. The Morgan fingerprint density at radius 1 is 1.24 bits per heavy atom. The molecule has 2 nitrogen and oxygen atoms in total. The van der Waals surface area contributed by atoms with E-state index >= 15 is 0 Å². The summed E-state index contributed by atoms with van der Waals surface area (Å²) >= 11 is 0. The monoisotopic (exact) mass is 287 g/mol. The first-order valence-corrected chi connectivity index (χ1v) is 8.63. The van der Waals surface area contributed by atoms with Gasteiger partial charge in [0.05, 0.1) is 6.10 Å². The smallest absolute Gasteiger partial charge is 0.0947 e. The molecular formula is C19H29NO. The minimum absolute atomic E-state index is 0.310. The van der Waals surface area contributed by atoms with Gasteiger partial charge in [-0.2, -0.15) is 0 Å². The lowest BCUT2D eigenvalue weighted by atomic mass is 9.77. The number of hydrogen-bond donors (Lipinski definition) is 1. The third-order valence-electron chi connectivity index (χ3n) is 6.01. The van der Waals surface area contributed by atoms with Gasteiger partial charge in [-0.05, 0) is 61.7 Å². The largest absolute Gasteiger partial charge is 0.387 e. The van der Waals surface area contributed by atoms with Crippen molar-refractivity contribution in [3.05, 3.63) is 35.4 Å². The second-order valence-electron chi connectivity index (χ2n) is 7.30. The van der Waals surface area contributed by atoms with Gasteiger partial charge in [0.1, 0.15) is 0 Å². The second-order valence-corrected chi connectivity index (χ2v) is 7.30. The Balaban J connectivity index is 1.75. The molecule has 1 aromatic rings. The third kappa shape index (κ3) is 3.02. The number of fused-ring (bicyclic) bond motifs is 1. The molecule has 2 unspecified atom stereocenters.